The molecular formula is C7H8BF2N3O2. The number of carbonyl (C=O) groups excluding carboxylic acids is 1. The average molecular weight is 215 g/mol. The van der Waals surface area contributed by atoms with E-state index in [1.54, 1.807) is 0 Å². The number of halogens is 2. The lowest BCUT2D eigenvalue weighted by Crippen LogP contribution is -2.18. The third kappa shape index (κ3) is 3.30. The molecule has 1 heterocycles. The van der Waals surface area contributed by atoms with Crippen LogP contribution in [0.25, 0.3) is 0 Å². The Balaban J connectivity index is 2.70. The highest BCUT2D eigenvalue weighted by molar-refractivity contribution is 6.08. The molecule has 1 aromatic rings. The molecule has 1 rings (SSSR count). The van der Waals surface area contributed by atoms with Crippen molar-refractivity contribution in [2.24, 2.45) is 0 Å². The maximum absolute atomic E-state index is 12.5. The topological polar surface area (TPSA) is 57.0 Å². The lowest BCUT2D eigenvalue weighted by Gasteiger charge is -2.10. The van der Waals surface area contributed by atoms with Crippen LogP contribution in [0.15, 0.2) is 6.33 Å². The van der Waals surface area contributed by atoms with Gasteiger partial charge in [-0.2, -0.15) is 5.10 Å². The molecule has 1 aromatic heterocycles. The SMILES string of the molecule is [B]OC(=O)c1ncnn1CCC(C)(F)F. The molecule has 0 atom stereocenters. The van der Waals surface area contributed by atoms with E-state index in [1.807, 2.05) is 0 Å². The van der Waals surface area contributed by atoms with Crippen LogP contribution in [0.4, 0.5) is 8.78 Å². The largest absolute Gasteiger partial charge is 0.538 e. The number of rotatable bonds is 4. The summed E-state index contributed by atoms with van der Waals surface area (Å²) in [6.45, 7) is 0.652. The van der Waals surface area contributed by atoms with Gasteiger partial charge in [0.25, 0.3) is 0 Å². The van der Waals surface area contributed by atoms with E-state index >= 15 is 0 Å². The van der Waals surface area contributed by atoms with E-state index in [9.17, 15) is 13.6 Å². The zero-order chi connectivity index (χ0) is 11.5. The van der Waals surface area contributed by atoms with Gasteiger partial charge in [-0.3, -0.25) is 0 Å². The van der Waals surface area contributed by atoms with Gasteiger partial charge in [0.2, 0.25) is 11.7 Å². The Morgan fingerprint density at radius 1 is 1.73 bits per heavy atom. The predicted octanol–water partition coefficient (Wildman–Crippen LogP) is 0.564. The summed E-state index contributed by atoms with van der Waals surface area (Å²) in [4.78, 5) is 14.5. The number of hydrogen-bond donors (Lipinski definition) is 0. The fraction of sp³-hybridized carbons (Fsp3) is 0.571. The van der Waals surface area contributed by atoms with Crippen molar-refractivity contribution in [1.29, 1.82) is 0 Å². The van der Waals surface area contributed by atoms with Gasteiger partial charge in [0.15, 0.2) is 0 Å². The second-order valence-electron chi connectivity index (χ2n) is 3.03. The summed E-state index contributed by atoms with van der Waals surface area (Å²) < 4.78 is 30.0. The molecule has 15 heavy (non-hydrogen) atoms. The van der Waals surface area contributed by atoms with E-state index in [0.717, 1.165) is 17.9 Å². The van der Waals surface area contributed by atoms with Crippen molar-refractivity contribution in [1.82, 2.24) is 14.8 Å². The molecule has 0 aliphatic carbocycles. The van der Waals surface area contributed by atoms with E-state index in [-0.39, 0.29) is 12.4 Å². The van der Waals surface area contributed by atoms with Gasteiger partial charge in [0.1, 0.15) is 6.33 Å². The zero-order valence-corrected chi connectivity index (χ0v) is 7.98. The molecule has 8 heteroatoms. The van der Waals surface area contributed by atoms with E-state index in [1.165, 1.54) is 0 Å². The second-order valence-corrected chi connectivity index (χ2v) is 3.03. The van der Waals surface area contributed by atoms with Gasteiger partial charge in [-0.15, -0.1) is 0 Å². The Bertz CT molecular complexity index is 350. The van der Waals surface area contributed by atoms with Crippen LogP contribution in [0, 0.1) is 0 Å². The average Bonchev–Trinajstić information content (AvgIpc) is 2.60. The van der Waals surface area contributed by atoms with Gasteiger partial charge in [-0.1, -0.05) is 0 Å². The van der Waals surface area contributed by atoms with Gasteiger partial charge in [0, 0.05) is 13.0 Å². The fourth-order valence-electron chi connectivity index (χ4n) is 0.941. The quantitative estimate of drug-likeness (QED) is 0.688. The third-order valence-electron chi connectivity index (χ3n) is 1.67. The normalized spacial score (nSPS) is 11.4. The summed E-state index contributed by atoms with van der Waals surface area (Å²) >= 11 is 0. The molecule has 0 saturated carbocycles. The summed E-state index contributed by atoms with van der Waals surface area (Å²) in [5, 5.41) is 3.60. The molecule has 5 nitrogen and oxygen atoms in total. The Morgan fingerprint density at radius 2 is 2.40 bits per heavy atom. The lowest BCUT2D eigenvalue weighted by atomic mass is 10.3. The number of alkyl halides is 2. The van der Waals surface area contributed by atoms with E-state index in [0.29, 0.717) is 0 Å². The molecule has 0 bridgehead atoms. The second kappa shape index (κ2) is 4.37. The summed E-state index contributed by atoms with van der Waals surface area (Å²) in [6, 6.07) is 0. The van der Waals surface area contributed by atoms with Crippen LogP contribution >= 0.6 is 0 Å². The molecular weight excluding hydrogens is 207 g/mol. The number of hydrogen-bond acceptors (Lipinski definition) is 4. The van der Waals surface area contributed by atoms with E-state index in [2.05, 4.69) is 22.8 Å². The maximum Gasteiger partial charge on any atom is 0.379 e. The van der Waals surface area contributed by atoms with E-state index < -0.39 is 18.3 Å². The Labute approximate surface area is 85.9 Å². The van der Waals surface area contributed by atoms with Crippen molar-refractivity contribution < 1.29 is 18.2 Å². The van der Waals surface area contributed by atoms with Crippen molar-refractivity contribution in [3.05, 3.63) is 12.2 Å². The molecule has 2 radical (unpaired) electrons. The van der Waals surface area contributed by atoms with Crippen molar-refractivity contribution in [2.75, 3.05) is 0 Å². The van der Waals surface area contributed by atoms with Gasteiger partial charge < -0.3 is 4.65 Å². The highest BCUT2D eigenvalue weighted by Crippen LogP contribution is 2.17. The first kappa shape index (κ1) is 11.6. The highest BCUT2D eigenvalue weighted by Gasteiger charge is 2.22. The van der Waals surface area contributed by atoms with E-state index in [4.69, 9.17) is 0 Å². The summed E-state index contributed by atoms with van der Waals surface area (Å²) in [7, 11) is 4.64. The minimum atomic E-state index is -2.82. The minimum absolute atomic E-state index is 0.131. The first-order valence-electron chi connectivity index (χ1n) is 4.11. The highest BCUT2D eigenvalue weighted by atomic mass is 19.3. The Hall–Kier alpha value is -1.47. The van der Waals surface area contributed by atoms with Gasteiger partial charge in [-0.25, -0.2) is 23.2 Å². The van der Waals surface area contributed by atoms with Crippen LogP contribution in [0.5, 0.6) is 0 Å². The smallest absolute Gasteiger partial charge is 0.379 e. The molecule has 0 saturated heterocycles. The number of carbonyl (C=O) groups is 1. The molecule has 80 valence electrons. The molecule has 0 unspecified atom stereocenters. The maximum atomic E-state index is 12.5. The zero-order valence-electron chi connectivity index (χ0n) is 7.98. The van der Waals surface area contributed by atoms with Crippen LogP contribution in [0.3, 0.4) is 0 Å². The van der Waals surface area contributed by atoms with Crippen LogP contribution in [-0.4, -0.2) is 34.7 Å². The van der Waals surface area contributed by atoms with Gasteiger partial charge >= 0.3 is 14.0 Å². The Kier molecular flexibility index (Phi) is 3.38. The predicted molar refractivity (Wildman–Crippen MR) is 46.4 cm³/mol. The summed E-state index contributed by atoms with van der Waals surface area (Å²) in [6.07, 6.45) is 0.626. The lowest BCUT2D eigenvalue weighted by molar-refractivity contribution is 0.00731. The monoisotopic (exact) mass is 215 g/mol. The summed E-state index contributed by atoms with van der Waals surface area (Å²) in [5.41, 5.74) is 0. The number of aryl methyl sites for hydroxylation is 1. The molecule has 0 N–H and O–H groups in total. The molecule has 0 fully saturated rings. The first-order valence-corrected chi connectivity index (χ1v) is 4.11. The van der Waals surface area contributed by atoms with Gasteiger partial charge in [-0.05, 0) is 6.92 Å². The standard InChI is InChI=1S/C7H8BF2N3O2/c1-7(9,10)2-3-13-5(6(14)15-8)11-4-12-13/h4H,2-3H2,1H3. The molecule has 0 amide bonds. The van der Waals surface area contributed by atoms with Crippen molar-refractivity contribution in [3.63, 3.8) is 0 Å². The molecule has 0 spiro atoms. The fourth-order valence-corrected chi connectivity index (χ4v) is 0.941. The molecule has 0 aromatic carbocycles. The minimum Gasteiger partial charge on any atom is -0.538 e. The van der Waals surface area contributed by atoms with Crippen LogP contribution in [-0.2, 0) is 11.2 Å². The van der Waals surface area contributed by atoms with Crippen LogP contribution < -0.4 is 0 Å². The van der Waals surface area contributed by atoms with Crippen molar-refractivity contribution >= 4 is 14.0 Å². The third-order valence-corrected chi connectivity index (χ3v) is 1.67. The van der Waals surface area contributed by atoms with Crippen LogP contribution in [0.1, 0.15) is 24.0 Å². The van der Waals surface area contributed by atoms with Crippen molar-refractivity contribution in [3.8, 4) is 0 Å². The number of aromatic nitrogens is 3. The van der Waals surface area contributed by atoms with Crippen LogP contribution in [0.2, 0.25) is 0 Å². The Morgan fingerprint density at radius 3 is 2.93 bits per heavy atom. The molecule has 0 aliphatic rings. The molecule has 0 aliphatic heterocycles. The first-order chi connectivity index (χ1) is 6.94. The number of nitrogens with zero attached hydrogens (tertiary/aromatic N) is 3. The van der Waals surface area contributed by atoms with Crippen molar-refractivity contribution in [2.45, 2.75) is 25.8 Å². The van der Waals surface area contributed by atoms with Gasteiger partial charge in [0.05, 0.1) is 0 Å². The summed E-state index contributed by atoms with van der Waals surface area (Å²) in [5.74, 6) is -3.93.